The fourth-order valence-electron chi connectivity index (χ4n) is 1.36. The smallest absolute Gasteiger partial charge is 0.0581 e. The third-order valence-corrected chi connectivity index (χ3v) is 4.30. The van der Waals surface area contributed by atoms with E-state index < -0.39 is 0 Å². The molecule has 2 rings (SSSR count). The van der Waals surface area contributed by atoms with Crippen LogP contribution in [0.5, 0.6) is 0 Å². The summed E-state index contributed by atoms with van der Waals surface area (Å²) in [5, 5.41) is 1.29. The van der Waals surface area contributed by atoms with Gasteiger partial charge in [-0.1, -0.05) is 13.0 Å². The second kappa shape index (κ2) is 3.64. The van der Waals surface area contributed by atoms with E-state index >= 15 is 0 Å². The number of hydrogen-bond donors (Lipinski definition) is 1. The molecule has 0 N–H and O–H groups in total. The Balaban J connectivity index is 2.75. The number of rotatable bonds is 1. The van der Waals surface area contributed by atoms with Gasteiger partial charge < -0.3 is 0 Å². The number of thiol groups is 1. The molecule has 0 unspecified atom stereocenters. The molecule has 0 atom stereocenters. The lowest BCUT2D eigenvalue weighted by Gasteiger charge is -1.98. The first kappa shape index (κ1) is 9.56. The molecule has 0 bridgehead atoms. The van der Waals surface area contributed by atoms with E-state index in [0.717, 1.165) is 10.6 Å². The quantitative estimate of drug-likeness (QED) is 0.726. The van der Waals surface area contributed by atoms with Gasteiger partial charge in [0.15, 0.2) is 0 Å². The highest BCUT2D eigenvalue weighted by molar-refractivity contribution is 9.10. The van der Waals surface area contributed by atoms with Crippen molar-refractivity contribution in [2.75, 3.05) is 0 Å². The molecule has 0 saturated carbocycles. The van der Waals surface area contributed by atoms with E-state index in [1.165, 1.54) is 20.1 Å². The highest BCUT2D eigenvalue weighted by atomic mass is 79.9. The molecule has 0 saturated heterocycles. The van der Waals surface area contributed by atoms with Crippen molar-refractivity contribution in [2.45, 2.75) is 17.6 Å². The van der Waals surface area contributed by atoms with Crippen LogP contribution in [-0.4, -0.2) is 0 Å². The normalized spacial score (nSPS) is 11.0. The van der Waals surface area contributed by atoms with Gasteiger partial charge in [0, 0.05) is 9.17 Å². The average Bonchev–Trinajstić information content (AvgIpc) is 2.46. The molecule has 3 heteroatoms. The zero-order valence-corrected chi connectivity index (χ0v) is 10.5. The minimum atomic E-state index is 1.07. The van der Waals surface area contributed by atoms with Gasteiger partial charge in [0.25, 0.3) is 0 Å². The molecule has 68 valence electrons. The Bertz CT molecular complexity index is 445. The number of benzene rings is 1. The van der Waals surface area contributed by atoms with E-state index in [0.29, 0.717) is 0 Å². The molecule has 0 fully saturated rings. The van der Waals surface area contributed by atoms with Crippen LogP contribution in [0.15, 0.2) is 26.9 Å². The summed E-state index contributed by atoms with van der Waals surface area (Å²) in [5.74, 6) is 0. The molecule has 0 aliphatic carbocycles. The van der Waals surface area contributed by atoms with Crippen LogP contribution in [0.25, 0.3) is 10.1 Å². The predicted molar refractivity (Wildman–Crippen MR) is 66.2 cm³/mol. The van der Waals surface area contributed by atoms with Gasteiger partial charge in [0.2, 0.25) is 0 Å². The summed E-state index contributed by atoms with van der Waals surface area (Å²) >= 11 is 9.64. The molecule has 0 aliphatic rings. The summed E-state index contributed by atoms with van der Waals surface area (Å²) in [6, 6.07) is 6.54. The Hall–Kier alpha value is 0.01000. The maximum Gasteiger partial charge on any atom is 0.0581 e. The summed E-state index contributed by atoms with van der Waals surface area (Å²) in [6.07, 6.45) is 1.08. The predicted octanol–water partition coefficient (Wildman–Crippen LogP) is 4.51. The Labute approximate surface area is 95.5 Å². The van der Waals surface area contributed by atoms with Crippen molar-refractivity contribution in [1.29, 1.82) is 0 Å². The largest absolute Gasteiger partial charge is 0.133 e. The molecular formula is C10H9BrS2. The SMILES string of the molecule is CCc1cc(Br)c2sc(S)cc2c1. The number of aryl methyl sites for hydroxylation is 1. The summed E-state index contributed by atoms with van der Waals surface area (Å²) < 4.78 is 3.55. The van der Waals surface area contributed by atoms with Crippen LogP contribution >= 0.6 is 39.9 Å². The second-order valence-corrected chi connectivity index (χ2v) is 5.63. The maximum absolute atomic E-state index is 4.35. The zero-order chi connectivity index (χ0) is 9.42. The van der Waals surface area contributed by atoms with Crippen LogP contribution in [0.2, 0.25) is 0 Å². The fraction of sp³-hybridized carbons (Fsp3) is 0.200. The number of halogens is 1. The highest BCUT2D eigenvalue weighted by Crippen LogP contribution is 2.34. The Morgan fingerprint density at radius 3 is 2.85 bits per heavy atom. The lowest BCUT2D eigenvalue weighted by molar-refractivity contribution is 1.14. The third kappa shape index (κ3) is 1.78. The van der Waals surface area contributed by atoms with Crippen molar-refractivity contribution in [3.8, 4) is 0 Å². The molecule has 0 aliphatic heterocycles. The lowest BCUT2D eigenvalue weighted by Crippen LogP contribution is -1.78. The molecule has 0 amide bonds. The highest BCUT2D eigenvalue weighted by Gasteiger charge is 2.04. The van der Waals surface area contributed by atoms with Gasteiger partial charge in [0.1, 0.15) is 0 Å². The van der Waals surface area contributed by atoms with E-state index in [2.05, 4.69) is 53.7 Å². The molecule has 1 aromatic heterocycles. The van der Waals surface area contributed by atoms with E-state index in [1.807, 2.05) is 0 Å². The van der Waals surface area contributed by atoms with Crippen LogP contribution in [0.4, 0.5) is 0 Å². The number of hydrogen-bond acceptors (Lipinski definition) is 2. The van der Waals surface area contributed by atoms with Gasteiger partial charge in [-0.3, -0.25) is 0 Å². The summed E-state index contributed by atoms with van der Waals surface area (Å²) in [5.41, 5.74) is 1.37. The van der Waals surface area contributed by atoms with E-state index in [4.69, 9.17) is 0 Å². The topological polar surface area (TPSA) is 0 Å². The van der Waals surface area contributed by atoms with Crippen molar-refractivity contribution in [3.05, 3.63) is 28.2 Å². The third-order valence-electron chi connectivity index (χ3n) is 2.03. The first-order valence-corrected chi connectivity index (χ1v) is 6.17. The van der Waals surface area contributed by atoms with Crippen molar-refractivity contribution < 1.29 is 0 Å². The minimum absolute atomic E-state index is 1.07. The van der Waals surface area contributed by atoms with Crippen LogP contribution in [-0.2, 0) is 6.42 Å². The lowest BCUT2D eigenvalue weighted by atomic mass is 10.1. The van der Waals surface area contributed by atoms with Crippen molar-refractivity contribution in [1.82, 2.24) is 0 Å². The molecule has 0 nitrogen and oxygen atoms in total. The number of fused-ring (bicyclic) bond motifs is 1. The first-order valence-electron chi connectivity index (χ1n) is 4.11. The average molecular weight is 273 g/mol. The molecule has 1 heterocycles. The Morgan fingerprint density at radius 1 is 1.38 bits per heavy atom. The first-order chi connectivity index (χ1) is 6.20. The standard InChI is InChI=1S/C10H9BrS2/c1-2-6-3-7-5-9(12)13-10(7)8(11)4-6/h3-5,12H,2H2,1H3. The summed E-state index contributed by atoms with van der Waals surface area (Å²) in [4.78, 5) is 0. The van der Waals surface area contributed by atoms with Gasteiger partial charge in [-0.05, 0) is 45.4 Å². The van der Waals surface area contributed by atoms with Crippen LogP contribution in [0, 0.1) is 0 Å². The van der Waals surface area contributed by atoms with Crippen LogP contribution in [0.1, 0.15) is 12.5 Å². The van der Waals surface area contributed by atoms with E-state index in [-0.39, 0.29) is 0 Å². The van der Waals surface area contributed by atoms with Gasteiger partial charge in [-0.15, -0.1) is 24.0 Å². The molecule has 2 aromatic rings. The van der Waals surface area contributed by atoms with Gasteiger partial charge in [-0.2, -0.15) is 0 Å². The fourth-order valence-corrected chi connectivity index (χ4v) is 3.33. The number of thiophene rings is 1. The van der Waals surface area contributed by atoms with Crippen molar-refractivity contribution in [2.24, 2.45) is 0 Å². The Kier molecular flexibility index (Phi) is 2.67. The van der Waals surface area contributed by atoms with Crippen molar-refractivity contribution >= 4 is 50.0 Å². The van der Waals surface area contributed by atoms with Crippen molar-refractivity contribution in [3.63, 3.8) is 0 Å². The summed E-state index contributed by atoms with van der Waals surface area (Å²) in [7, 11) is 0. The monoisotopic (exact) mass is 272 g/mol. The zero-order valence-electron chi connectivity index (χ0n) is 7.17. The van der Waals surface area contributed by atoms with E-state index in [9.17, 15) is 0 Å². The van der Waals surface area contributed by atoms with E-state index in [1.54, 1.807) is 11.3 Å². The minimum Gasteiger partial charge on any atom is -0.133 e. The molecule has 1 aromatic carbocycles. The van der Waals surface area contributed by atoms with Gasteiger partial charge >= 0.3 is 0 Å². The van der Waals surface area contributed by atoms with Gasteiger partial charge in [0.05, 0.1) is 4.21 Å². The maximum atomic E-state index is 4.35. The molecule has 13 heavy (non-hydrogen) atoms. The van der Waals surface area contributed by atoms with Gasteiger partial charge in [-0.25, -0.2) is 0 Å². The second-order valence-electron chi connectivity index (χ2n) is 2.93. The molecule has 0 radical (unpaired) electrons. The summed E-state index contributed by atoms with van der Waals surface area (Å²) in [6.45, 7) is 2.17. The molecular weight excluding hydrogens is 264 g/mol. The molecule has 0 spiro atoms. The Morgan fingerprint density at radius 2 is 2.15 bits per heavy atom. The van der Waals surface area contributed by atoms with Crippen LogP contribution < -0.4 is 0 Å². The van der Waals surface area contributed by atoms with Crippen LogP contribution in [0.3, 0.4) is 0 Å².